The van der Waals surface area contributed by atoms with E-state index in [1.165, 1.54) is 6.08 Å². The molecule has 1 aliphatic heterocycles. The van der Waals surface area contributed by atoms with Crippen LogP contribution in [0.3, 0.4) is 0 Å². The molecule has 1 amide bonds. The van der Waals surface area contributed by atoms with Gasteiger partial charge in [0.2, 0.25) is 5.91 Å². The fraction of sp³-hybridized carbons (Fsp3) is 0.286. The number of hydrogen-bond donors (Lipinski definition) is 5. The van der Waals surface area contributed by atoms with Crippen LogP contribution in [0.5, 0.6) is 0 Å². The summed E-state index contributed by atoms with van der Waals surface area (Å²) >= 11 is 0. The van der Waals surface area contributed by atoms with E-state index in [4.69, 9.17) is 9.84 Å². The zero-order valence-corrected chi connectivity index (χ0v) is 15.1. The highest BCUT2D eigenvalue weighted by atomic mass is 16.6. The highest BCUT2D eigenvalue weighted by Crippen LogP contribution is 2.21. The number of benzene rings is 2. The maximum absolute atomic E-state index is 12.1. The van der Waals surface area contributed by atoms with E-state index < -0.39 is 43.2 Å². The summed E-state index contributed by atoms with van der Waals surface area (Å²) in [5, 5.41) is 41.0. The summed E-state index contributed by atoms with van der Waals surface area (Å²) in [7, 11) is 0. The van der Waals surface area contributed by atoms with E-state index in [0.29, 0.717) is 0 Å². The number of ether oxygens (including phenoxy) is 1. The Balaban J connectivity index is 1.60. The molecule has 2 aromatic carbocycles. The van der Waals surface area contributed by atoms with E-state index in [2.05, 4.69) is 5.32 Å². The lowest BCUT2D eigenvalue weighted by molar-refractivity contribution is -0.235. The summed E-state index contributed by atoms with van der Waals surface area (Å²) in [6.07, 6.45) is -3.95. The minimum absolute atomic E-state index is 0.545. The third-order valence-electron chi connectivity index (χ3n) is 4.62. The van der Waals surface area contributed by atoms with Gasteiger partial charge in [-0.2, -0.15) is 0 Å². The molecule has 0 bridgehead atoms. The standard InChI is InChI=1S/C21H23NO6/c23-12-16-18(25)19(26)20(27)21(28-16)22-17(24)11-8-13-6-9-15(10-7-13)14-4-2-1-3-5-14/h1-11,16,18-21,23,25-27H,12H2,(H,22,24)/b11-8+/t16-,18-,19+,20-,21-/m1/s1. The predicted octanol–water partition coefficient (Wildman–Crippen LogP) is 0.283. The SMILES string of the molecule is O=C(/C=C/c1ccc(-c2ccccc2)cc1)N[C@@H]1O[C@H](CO)[C@@H](O)[C@H](O)[C@H]1O. The molecule has 0 unspecified atom stereocenters. The van der Waals surface area contributed by atoms with Crippen molar-refractivity contribution < 1.29 is 30.0 Å². The molecule has 7 heteroatoms. The molecular formula is C21H23NO6. The van der Waals surface area contributed by atoms with Crippen molar-refractivity contribution >= 4 is 12.0 Å². The van der Waals surface area contributed by atoms with Gasteiger partial charge in [0.05, 0.1) is 6.61 Å². The fourth-order valence-corrected chi connectivity index (χ4v) is 3.00. The van der Waals surface area contributed by atoms with Crippen LogP contribution in [0.1, 0.15) is 5.56 Å². The number of rotatable bonds is 5. The van der Waals surface area contributed by atoms with Crippen LogP contribution in [0.4, 0.5) is 0 Å². The van der Waals surface area contributed by atoms with Crippen molar-refractivity contribution in [3.63, 3.8) is 0 Å². The molecule has 0 saturated carbocycles. The lowest BCUT2D eigenvalue weighted by atomic mass is 9.98. The number of aliphatic hydroxyl groups is 4. The Bertz CT molecular complexity index is 805. The molecule has 28 heavy (non-hydrogen) atoms. The first-order valence-corrected chi connectivity index (χ1v) is 8.94. The Hall–Kier alpha value is -2.55. The minimum atomic E-state index is -1.54. The molecule has 7 nitrogen and oxygen atoms in total. The van der Waals surface area contributed by atoms with Crippen molar-refractivity contribution in [1.82, 2.24) is 5.32 Å². The van der Waals surface area contributed by atoms with E-state index in [1.54, 1.807) is 6.08 Å². The summed E-state index contributed by atoms with van der Waals surface area (Å²) < 4.78 is 5.24. The topological polar surface area (TPSA) is 119 Å². The van der Waals surface area contributed by atoms with Crippen LogP contribution in [-0.4, -0.2) is 63.6 Å². The second-order valence-corrected chi connectivity index (χ2v) is 6.58. The van der Waals surface area contributed by atoms with Crippen molar-refractivity contribution in [3.8, 4) is 11.1 Å². The summed E-state index contributed by atoms with van der Waals surface area (Å²) in [6, 6.07) is 17.6. The van der Waals surface area contributed by atoms with Crippen LogP contribution in [0.15, 0.2) is 60.7 Å². The first-order chi connectivity index (χ1) is 13.5. The number of carbonyl (C=O) groups is 1. The molecule has 5 N–H and O–H groups in total. The summed E-state index contributed by atoms with van der Waals surface area (Å²) in [5.41, 5.74) is 2.96. The van der Waals surface area contributed by atoms with E-state index in [9.17, 15) is 20.1 Å². The zero-order chi connectivity index (χ0) is 20.1. The van der Waals surface area contributed by atoms with Crippen LogP contribution < -0.4 is 5.32 Å². The number of amides is 1. The second-order valence-electron chi connectivity index (χ2n) is 6.58. The normalized spacial score (nSPS) is 27.6. The molecule has 3 rings (SSSR count). The first kappa shape index (κ1) is 20.2. The Kier molecular flexibility index (Phi) is 6.56. The molecule has 0 aliphatic carbocycles. The molecule has 1 aliphatic rings. The lowest BCUT2D eigenvalue weighted by Gasteiger charge is -2.39. The van der Waals surface area contributed by atoms with E-state index in [-0.39, 0.29) is 0 Å². The highest BCUT2D eigenvalue weighted by molar-refractivity contribution is 5.92. The van der Waals surface area contributed by atoms with Gasteiger partial charge in [-0.1, -0.05) is 54.6 Å². The Morgan fingerprint density at radius 2 is 1.57 bits per heavy atom. The van der Waals surface area contributed by atoms with Gasteiger partial charge in [0, 0.05) is 6.08 Å². The molecule has 0 aromatic heterocycles. The largest absolute Gasteiger partial charge is 0.394 e. The van der Waals surface area contributed by atoms with Gasteiger partial charge in [0.25, 0.3) is 0 Å². The summed E-state index contributed by atoms with van der Waals surface area (Å²) in [4.78, 5) is 12.1. The van der Waals surface area contributed by atoms with Crippen molar-refractivity contribution in [2.45, 2.75) is 30.6 Å². The van der Waals surface area contributed by atoms with E-state index >= 15 is 0 Å². The monoisotopic (exact) mass is 385 g/mol. The van der Waals surface area contributed by atoms with Crippen LogP contribution in [0, 0.1) is 0 Å². The fourth-order valence-electron chi connectivity index (χ4n) is 3.00. The van der Waals surface area contributed by atoms with Crippen molar-refractivity contribution in [3.05, 3.63) is 66.2 Å². The van der Waals surface area contributed by atoms with Gasteiger partial charge in [-0.3, -0.25) is 4.79 Å². The van der Waals surface area contributed by atoms with Crippen LogP contribution in [0.25, 0.3) is 17.2 Å². The smallest absolute Gasteiger partial charge is 0.246 e. The number of hydrogen-bond acceptors (Lipinski definition) is 6. The predicted molar refractivity (Wildman–Crippen MR) is 103 cm³/mol. The minimum Gasteiger partial charge on any atom is -0.394 e. The summed E-state index contributed by atoms with van der Waals surface area (Å²) in [6.45, 7) is -0.555. The molecule has 148 valence electrons. The average Bonchev–Trinajstić information content (AvgIpc) is 2.73. The van der Waals surface area contributed by atoms with Crippen molar-refractivity contribution in [2.75, 3.05) is 6.61 Å². The molecule has 0 radical (unpaired) electrons. The van der Waals surface area contributed by atoms with E-state index in [0.717, 1.165) is 16.7 Å². The quantitative estimate of drug-likeness (QED) is 0.472. The summed E-state index contributed by atoms with van der Waals surface area (Å²) in [5.74, 6) is -0.545. The van der Waals surface area contributed by atoms with Crippen LogP contribution >= 0.6 is 0 Å². The Labute approximate surface area is 162 Å². The van der Waals surface area contributed by atoms with Gasteiger partial charge in [0.1, 0.15) is 24.4 Å². The molecule has 2 aromatic rings. The zero-order valence-electron chi connectivity index (χ0n) is 15.1. The molecular weight excluding hydrogens is 362 g/mol. The lowest BCUT2D eigenvalue weighted by Crippen LogP contribution is -2.63. The Morgan fingerprint density at radius 3 is 2.21 bits per heavy atom. The molecule has 0 spiro atoms. The Morgan fingerprint density at radius 1 is 0.929 bits per heavy atom. The molecule has 1 fully saturated rings. The number of nitrogens with one attached hydrogen (secondary N) is 1. The van der Waals surface area contributed by atoms with E-state index in [1.807, 2.05) is 54.6 Å². The van der Waals surface area contributed by atoms with Gasteiger partial charge in [-0.15, -0.1) is 0 Å². The van der Waals surface area contributed by atoms with Crippen molar-refractivity contribution in [1.29, 1.82) is 0 Å². The molecule has 5 atom stereocenters. The third kappa shape index (κ3) is 4.64. The van der Waals surface area contributed by atoms with Gasteiger partial charge in [-0.05, 0) is 22.8 Å². The number of carbonyl (C=O) groups excluding carboxylic acids is 1. The number of aliphatic hydroxyl groups excluding tert-OH is 4. The molecule has 1 saturated heterocycles. The molecule has 1 heterocycles. The van der Waals surface area contributed by atoms with Gasteiger partial charge in [-0.25, -0.2) is 0 Å². The highest BCUT2D eigenvalue weighted by Gasteiger charge is 2.43. The van der Waals surface area contributed by atoms with Crippen molar-refractivity contribution in [2.24, 2.45) is 0 Å². The average molecular weight is 385 g/mol. The maximum Gasteiger partial charge on any atom is 0.246 e. The first-order valence-electron chi connectivity index (χ1n) is 8.94. The van der Waals surface area contributed by atoms with Gasteiger partial charge in [0.15, 0.2) is 6.23 Å². The second kappa shape index (κ2) is 9.09. The van der Waals surface area contributed by atoms with Crippen LogP contribution in [0.2, 0.25) is 0 Å². The third-order valence-corrected chi connectivity index (χ3v) is 4.62. The van der Waals surface area contributed by atoms with Gasteiger partial charge < -0.3 is 30.5 Å². The van der Waals surface area contributed by atoms with Gasteiger partial charge >= 0.3 is 0 Å². The maximum atomic E-state index is 12.1. The van der Waals surface area contributed by atoms with Crippen LogP contribution in [-0.2, 0) is 9.53 Å².